The first-order valence-electron chi connectivity index (χ1n) is 6.16. The molecule has 0 aliphatic carbocycles. The SMILES string of the molecule is Cc1ccc(Nc2cc(NN)nc(N)n2)cc1N(C)C. The molecular weight excluding hydrogens is 254 g/mol. The summed E-state index contributed by atoms with van der Waals surface area (Å²) in [6.07, 6.45) is 0. The van der Waals surface area contributed by atoms with Crippen LogP contribution in [0.5, 0.6) is 0 Å². The van der Waals surface area contributed by atoms with E-state index in [2.05, 4.69) is 32.5 Å². The second-order valence-corrected chi connectivity index (χ2v) is 4.66. The van der Waals surface area contributed by atoms with Crippen molar-refractivity contribution in [3.05, 3.63) is 29.8 Å². The standard InChI is InChI=1S/C13H19N7/c1-8-4-5-9(6-10(8)20(2)3)16-11-7-12(19-15)18-13(14)17-11/h4-7H,15H2,1-3H3,(H4,14,16,17,18,19). The highest BCUT2D eigenvalue weighted by Crippen LogP contribution is 2.25. The van der Waals surface area contributed by atoms with Crippen molar-refractivity contribution in [2.45, 2.75) is 6.92 Å². The van der Waals surface area contributed by atoms with Gasteiger partial charge in [-0.05, 0) is 24.6 Å². The summed E-state index contributed by atoms with van der Waals surface area (Å²) in [5.41, 5.74) is 11.3. The second-order valence-electron chi connectivity index (χ2n) is 4.66. The Labute approximate surface area is 118 Å². The van der Waals surface area contributed by atoms with Gasteiger partial charge in [0.25, 0.3) is 0 Å². The van der Waals surface area contributed by atoms with Gasteiger partial charge >= 0.3 is 0 Å². The molecule has 0 saturated carbocycles. The lowest BCUT2D eigenvalue weighted by Gasteiger charge is -2.17. The largest absolute Gasteiger partial charge is 0.377 e. The van der Waals surface area contributed by atoms with E-state index in [1.807, 2.05) is 32.3 Å². The number of hydrazine groups is 1. The number of aromatic nitrogens is 2. The molecule has 1 aromatic carbocycles. The highest BCUT2D eigenvalue weighted by atomic mass is 15.3. The van der Waals surface area contributed by atoms with Crippen LogP contribution in [0.15, 0.2) is 24.3 Å². The van der Waals surface area contributed by atoms with E-state index in [-0.39, 0.29) is 5.95 Å². The molecule has 6 N–H and O–H groups in total. The van der Waals surface area contributed by atoms with Crippen LogP contribution < -0.4 is 27.2 Å². The average Bonchev–Trinajstić information content (AvgIpc) is 2.40. The van der Waals surface area contributed by atoms with Crippen molar-refractivity contribution in [1.82, 2.24) is 9.97 Å². The molecule has 20 heavy (non-hydrogen) atoms. The normalized spacial score (nSPS) is 10.2. The minimum Gasteiger partial charge on any atom is -0.377 e. The van der Waals surface area contributed by atoms with Crippen molar-refractivity contribution in [3.8, 4) is 0 Å². The molecule has 1 heterocycles. The van der Waals surface area contributed by atoms with Crippen molar-refractivity contribution >= 4 is 29.0 Å². The minimum absolute atomic E-state index is 0.155. The number of nitrogen functional groups attached to an aromatic ring is 2. The number of anilines is 5. The first kappa shape index (κ1) is 13.9. The number of nitrogens with zero attached hydrogens (tertiary/aromatic N) is 3. The quantitative estimate of drug-likeness (QED) is 0.493. The van der Waals surface area contributed by atoms with Crippen LogP contribution >= 0.6 is 0 Å². The molecule has 7 heteroatoms. The molecular formula is C13H19N7. The Morgan fingerprint density at radius 1 is 1.10 bits per heavy atom. The third-order valence-corrected chi connectivity index (χ3v) is 2.85. The molecule has 0 aliphatic rings. The summed E-state index contributed by atoms with van der Waals surface area (Å²) in [7, 11) is 4.01. The zero-order valence-electron chi connectivity index (χ0n) is 11.8. The van der Waals surface area contributed by atoms with Crippen LogP contribution in [0.3, 0.4) is 0 Å². The number of benzene rings is 1. The van der Waals surface area contributed by atoms with Gasteiger partial charge in [0, 0.05) is 31.5 Å². The Morgan fingerprint density at radius 3 is 2.45 bits per heavy atom. The predicted octanol–water partition coefficient (Wildman–Crippen LogP) is 1.46. The van der Waals surface area contributed by atoms with Gasteiger partial charge in [-0.1, -0.05) is 6.07 Å². The van der Waals surface area contributed by atoms with Gasteiger partial charge in [0.1, 0.15) is 11.6 Å². The van der Waals surface area contributed by atoms with Crippen molar-refractivity contribution in [2.75, 3.05) is 35.5 Å². The summed E-state index contributed by atoms with van der Waals surface area (Å²) in [4.78, 5) is 10.1. The Balaban J connectivity index is 2.30. The molecule has 0 spiro atoms. The highest BCUT2D eigenvalue weighted by molar-refractivity contribution is 5.67. The van der Waals surface area contributed by atoms with E-state index in [4.69, 9.17) is 11.6 Å². The van der Waals surface area contributed by atoms with Crippen LogP contribution in [0.4, 0.5) is 29.0 Å². The van der Waals surface area contributed by atoms with Gasteiger partial charge in [-0.2, -0.15) is 9.97 Å². The van der Waals surface area contributed by atoms with E-state index in [0.29, 0.717) is 11.6 Å². The Kier molecular flexibility index (Phi) is 3.90. The predicted molar refractivity (Wildman–Crippen MR) is 83.0 cm³/mol. The maximum atomic E-state index is 5.62. The molecule has 2 aromatic rings. The van der Waals surface area contributed by atoms with Crippen LogP contribution in [-0.2, 0) is 0 Å². The first-order chi connectivity index (χ1) is 9.49. The monoisotopic (exact) mass is 273 g/mol. The molecule has 0 unspecified atom stereocenters. The fraction of sp³-hybridized carbons (Fsp3) is 0.231. The smallest absolute Gasteiger partial charge is 0.223 e. The average molecular weight is 273 g/mol. The van der Waals surface area contributed by atoms with Gasteiger partial charge in [-0.25, -0.2) is 5.84 Å². The number of rotatable bonds is 4. The lowest BCUT2D eigenvalue weighted by Crippen LogP contribution is -2.12. The van der Waals surface area contributed by atoms with E-state index in [1.54, 1.807) is 6.07 Å². The van der Waals surface area contributed by atoms with E-state index < -0.39 is 0 Å². The zero-order chi connectivity index (χ0) is 14.7. The number of hydrogen-bond donors (Lipinski definition) is 4. The molecule has 0 fully saturated rings. The number of nitrogens with one attached hydrogen (secondary N) is 2. The summed E-state index contributed by atoms with van der Waals surface area (Å²) >= 11 is 0. The fourth-order valence-corrected chi connectivity index (χ4v) is 1.92. The van der Waals surface area contributed by atoms with Crippen molar-refractivity contribution in [2.24, 2.45) is 5.84 Å². The summed E-state index contributed by atoms with van der Waals surface area (Å²) in [5.74, 6) is 6.53. The van der Waals surface area contributed by atoms with Gasteiger partial charge < -0.3 is 21.4 Å². The van der Waals surface area contributed by atoms with Crippen LogP contribution in [0, 0.1) is 6.92 Å². The molecule has 106 valence electrons. The van der Waals surface area contributed by atoms with Gasteiger partial charge in [0.2, 0.25) is 5.95 Å². The zero-order valence-corrected chi connectivity index (χ0v) is 11.8. The van der Waals surface area contributed by atoms with Gasteiger partial charge in [0.05, 0.1) is 0 Å². The maximum Gasteiger partial charge on any atom is 0.223 e. The fourth-order valence-electron chi connectivity index (χ4n) is 1.92. The summed E-state index contributed by atoms with van der Waals surface area (Å²) < 4.78 is 0. The molecule has 2 rings (SSSR count). The van der Waals surface area contributed by atoms with Gasteiger partial charge in [-0.15, -0.1) is 0 Å². The summed E-state index contributed by atoms with van der Waals surface area (Å²) in [6, 6.07) is 7.76. The summed E-state index contributed by atoms with van der Waals surface area (Å²) in [6.45, 7) is 2.07. The van der Waals surface area contributed by atoms with E-state index in [0.717, 1.165) is 11.4 Å². The molecule has 0 radical (unpaired) electrons. The molecule has 0 bridgehead atoms. The third-order valence-electron chi connectivity index (χ3n) is 2.85. The van der Waals surface area contributed by atoms with E-state index in [1.165, 1.54) is 5.56 Å². The van der Waals surface area contributed by atoms with Crippen LogP contribution in [0.1, 0.15) is 5.56 Å². The van der Waals surface area contributed by atoms with Crippen LogP contribution in [-0.4, -0.2) is 24.1 Å². The number of aryl methyl sites for hydroxylation is 1. The van der Waals surface area contributed by atoms with Crippen molar-refractivity contribution in [3.63, 3.8) is 0 Å². The third kappa shape index (κ3) is 3.07. The number of nitrogens with two attached hydrogens (primary N) is 2. The lowest BCUT2D eigenvalue weighted by molar-refractivity contribution is 1.11. The molecule has 0 saturated heterocycles. The first-order valence-corrected chi connectivity index (χ1v) is 6.16. The molecule has 0 aliphatic heterocycles. The minimum atomic E-state index is 0.155. The Morgan fingerprint density at radius 2 is 1.80 bits per heavy atom. The Hall–Kier alpha value is -2.54. The molecule has 0 amide bonds. The highest BCUT2D eigenvalue weighted by Gasteiger charge is 2.05. The summed E-state index contributed by atoms with van der Waals surface area (Å²) in [5, 5.41) is 3.19. The van der Waals surface area contributed by atoms with E-state index in [9.17, 15) is 0 Å². The lowest BCUT2D eigenvalue weighted by atomic mass is 10.1. The van der Waals surface area contributed by atoms with E-state index >= 15 is 0 Å². The van der Waals surface area contributed by atoms with Crippen LogP contribution in [0.25, 0.3) is 0 Å². The second kappa shape index (κ2) is 5.62. The van der Waals surface area contributed by atoms with Crippen molar-refractivity contribution < 1.29 is 0 Å². The molecule has 1 aromatic heterocycles. The maximum absolute atomic E-state index is 5.62. The van der Waals surface area contributed by atoms with Gasteiger partial charge in [-0.3, -0.25) is 0 Å². The topological polar surface area (TPSA) is 105 Å². The molecule has 0 atom stereocenters. The van der Waals surface area contributed by atoms with Crippen molar-refractivity contribution in [1.29, 1.82) is 0 Å². The molecule has 7 nitrogen and oxygen atoms in total. The van der Waals surface area contributed by atoms with Gasteiger partial charge in [0.15, 0.2) is 0 Å². The van der Waals surface area contributed by atoms with Crippen LogP contribution in [0.2, 0.25) is 0 Å². The Bertz CT molecular complexity index is 610. The number of hydrogen-bond acceptors (Lipinski definition) is 7.